The Morgan fingerprint density at radius 3 is 2.87 bits per heavy atom. The average molecular weight is 449 g/mol. The van der Waals surface area contributed by atoms with Crippen molar-refractivity contribution in [3.63, 3.8) is 0 Å². The third-order valence-corrected chi connectivity index (χ3v) is 5.53. The predicted octanol–water partition coefficient (Wildman–Crippen LogP) is 3.31. The lowest BCUT2D eigenvalue weighted by Crippen LogP contribution is -2.44. The van der Waals surface area contributed by atoms with E-state index in [4.69, 9.17) is 4.74 Å². The molecule has 1 atom stereocenters. The topological polar surface area (TPSA) is 45.7 Å². The molecular weight excluding hydrogens is 421 g/mol. The first-order valence-corrected chi connectivity index (χ1v) is 8.85. The molecule has 1 aliphatic rings. The number of hydrogen-bond acceptors (Lipinski definition) is 3. The fourth-order valence-corrected chi connectivity index (χ4v) is 3.87. The molecule has 1 saturated heterocycles. The molecule has 1 aromatic carbocycles. The van der Waals surface area contributed by atoms with Crippen molar-refractivity contribution in [2.75, 3.05) is 33.0 Å². The van der Waals surface area contributed by atoms with Crippen molar-refractivity contribution < 1.29 is 4.74 Å². The van der Waals surface area contributed by atoms with E-state index in [2.05, 4.69) is 46.4 Å². The summed E-state index contributed by atoms with van der Waals surface area (Å²) >= 11 is 2.06. The molecule has 2 N–H and O–H groups in total. The van der Waals surface area contributed by atoms with Gasteiger partial charge in [-0.1, -0.05) is 12.1 Å². The van der Waals surface area contributed by atoms with Crippen LogP contribution in [-0.2, 0) is 6.42 Å². The molecule has 1 fully saturated rings. The third kappa shape index (κ3) is 6.79. The van der Waals surface area contributed by atoms with Gasteiger partial charge in [0, 0.05) is 24.9 Å². The molecule has 0 spiro atoms. The number of nitrogens with one attached hydrogen (secondary N) is 2. The number of ether oxygens (including phenoxy) is 1. The van der Waals surface area contributed by atoms with Crippen LogP contribution >= 0.6 is 35.7 Å². The van der Waals surface area contributed by atoms with Gasteiger partial charge in [-0.05, 0) is 49.6 Å². The van der Waals surface area contributed by atoms with Crippen molar-refractivity contribution in [1.29, 1.82) is 0 Å². The van der Waals surface area contributed by atoms with Crippen LogP contribution in [0.4, 0.5) is 0 Å². The standard InChI is InChI=1S/C17H27N3OS.HI/c1-17(9-5-11-22-17)13-20-16(18-2)19-10-8-14-6-4-7-15(12-14)21-3;/h4,6-7,12H,5,8-11,13H2,1-3H3,(H2,18,19,20);1H. The van der Waals surface area contributed by atoms with Crippen LogP contribution in [0.15, 0.2) is 29.3 Å². The van der Waals surface area contributed by atoms with Gasteiger partial charge in [0.1, 0.15) is 5.75 Å². The summed E-state index contributed by atoms with van der Waals surface area (Å²) in [5.74, 6) is 3.07. The summed E-state index contributed by atoms with van der Waals surface area (Å²) in [4.78, 5) is 4.31. The number of aliphatic imine (C=N–C) groups is 1. The lowest BCUT2D eigenvalue weighted by molar-refractivity contribution is 0.414. The predicted molar refractivity (Wildman–Crippen MR) is 112 cm³/mol. The van der Waals surface area contributed by atoms with E-state index in [9.17, 15) is 0 Å². The molecule has 1 aliphatic heterocycles. The van der Waals surface area contributed by atoms with Gasteiger partial charge in [0.25, 0.3) is 0 Å². The van der Waals surface area contributed by atoms with Gasteiger partial charge >= 0.3 is 0 Å². The number of guanidine groups is 1. The van der Waals surface area contributed by atoms with Crippen molar-refractivity contribution in [2.24, 2.45) is 4.99 Å². The number of hydrogen-bond donors (Lipinski definition) is 2. The Morgan fingerprint density at radius 2 is 2.22 bits per heavy atom. The van der Waals surface area contributed by atoms with E-state index in [1.54, 1.807) is 7.11 Å². The van der Waals surface area contributed by atoms with Gasteiger partial charge in [-0.25, -0.2) is 0 Å². The molecule has 23 heavy (non-hydrogen) atoms. The molecule has 130 valence electrons. The van der Waals surface area contributed by atoms with Crippen LogP contribution in [0.25, 0.3) is 0 Å². The van der Waals surface area contributed by atoms with Gasteiger partial charge in [-0.2, -0.15) is 11.8 Å². The zero-order valence-corrected chi connectivity index (χ0v) is 17.4. The highest BCUT2D eigenvalue weighted by molar-refractivity contribution is 14.0. The van der Waals surface area contributed by atoms with E-state index in [1.165, 1.54) is 24.2 Å². The fraction of sp³-hybridized carbons (Fsp3) is 0.588. The Kier molecular flexibility index (Phi) is 9.12. The number of benzene rings is 1. The third-order valence-electron chi connectivity index (χ3n) is 3.99. The summed E-state index contributed by atoms with van der Waals surface area (Å²) in [6.45, 7) is 4.16. The van der Waals surface area contributed by atoms with E-state index in [0.29, 0.717) is 4.75 Å². The minimum Gasteiger partial charge on any atom is -0.497 e. The molecule has 0 bridgehead atoms. The molecule has 2 rings (SSSR count). The maximum Gasteiger partial charge on any atom is 0.191 e. The quantitative estimate of drug-likeness (QED) is 0.398. The number of methoxy groups -OCH3 is 1. The van der Waals surface area contributed by atoms with Crippen LogP contribution in [-0.4, -0.2) is 43.7 Å². The Balaban J connectivity index is 0.00000264. The second-order valence-corrected chi connectivity index (χ2v) is 7.54. The molecule has 1 heterocycles. The highest BCUT2D eigenvalue weighted by Gasteiger charge is 2.29. The molecule has 0 aromatic heterocycles. The van der Waals surface area contributed by atoms with Crippen LogP contribution in [0.1, 0.15) is 25.3 Å². The smallest absolute Gasteiger partial charge is 0.191 e. The van der Waals surface area contributed by atoms with Gasteiger partial charge in [0.15, 0.2) is 5.96 Å². The lowest BCUT2D eigenvalue weighted by atomic mass is 10.1. The summed E-state index contributed by atoms with van der Waals surface area (Å²) in [7, 11) is 3.52. The normalized spacial score (nSPS) is 20.7. The van der Waals surface area contributed by atoms with E-state index in [0.717, 1.165) is 31.2 Å². The summed E-state index contributed by atoms with van der Waals surface area (Å²) < 4.78 is 5.60. The highest BCUT2D eigenvalue weighted by Crippen LogP contribution is 2.36. The zero-order valence-electron chi connectivity index (χ0n) is 14.2. The summed E-state index contributed by atoms with van der Waals surface area (Å²) in [6.07, 6.45) is 3.56. The Bertz CT molecular complexity index is 504. The summed E-state index contributed by atoms with van der Waals surface area (Å²) in [5.41, 5.74) is 1.26. The number of rotatable bonds is 6. The van der Waals surface area contributed by atoms with Crippen LogP contribution in [0.3, 0.4) is 0 Å². The Hall–Kier alpha value is -0.630. The first-order valence-electron chi connectivity index (χ1n) is 7.87. The molecule has 0 aliphatic carbocycles. The van der Waals surface area contributed by atoms with Crippen molar-refractivity contribution in [3.8, 4) is 5.75 Å². The van der Waals surface area contributed by atoms with Crippen LogP contribution in [0.2, 0.25) is 0 Å². The first-order chi connectivity index (χ1) is 10.6. The van der Waals surface area contributed by atoms with Crippen LogP contribution in [0.5, 0.6) is 5.75 Å². The van der Waals surface area contributed by atoms with Crippen LogP contribution in [0, 0.1) is 0 Å². The second-order valence-electron chi connectivity index (χ2n) is 5.86. The molecule has 4 nitrogen and oxygen atoms in total. The van der Waals surface area contributed by atoms with Gasteiger partial charge in [0.2, 0.25) is 0 Å². The Labute approximate surface area is 161 Å². The highest BCUT2D eigenvalue weighted by atomic mass is 127. The maximum absolute atomic E-state index is 5.25. The lowest BCUT2D eigenvalue weighted by Gasteiger charge is -2.24. The number of thioether (sulfide) groups is 1. The first kappa shape index (κ1) is 20.4. The van der Waals surface area contributed by atoms with Crippen molar-refractivity contribution in [3.05, 3.63) is 29.8 Å². The maximum atomic E-state index is 5.25. The monoisotopic (exact) mass is 449 g/mol. The minimum atomic E-state index is 0. The summed E-state index contributed by atoms with van der Waals surface area (Å²) in [5, 5.41) is 6.84. The SMILES string of the molecule is CN=C(NCCc1cccc(OC)c1)NCC1(C)CCCS1.I. The molecule has 0 radical (unpaired) electrons. The average Bonchev–Trinajstić information content (AvgIpc) is 2.98. The van der Waals surface area contributed by atoms with Gasteiger partial charge < -0.3 is 15.4 Å². The molecule has 1 aromatic rings. The molecular formula is C17H28IN3OS. The van der Waals surface area contributed by atoms with Gasteiger partial charge in [-0.3, -0.25) is 4.99 Å². The van der Waals surface area contributed by atoms with E-state index < -0.39 is 0 Å². The molecule has 0 amide bonds. The molecule has 0 saturated carbocycles. The number of nitrogens with zero attached hydrogens (tertiary/aromatic N) is 1. The van der Waals surface area contributed by atoms with Crippen molar-refractivity contribution >= 4 is 41.7 Å². The zero-order chi connectivity index (χ0) is 15.8. The number of halogens is 1. The van der Waals surface area contributed by atoms with Crippen molar-refractivity contribution in [2.45, 2.75) is 30.9 Å². The van der Waals surface area contributed by atoms with Gasteiger partial charge in [-0.15, -0.1) is 24.0 Å². The fourth-order valence-electron chi connectivity index (χ4n) is 2.62. The van der Waals surface area contributed by atoms with E-state index >= 15 is 0 Å². The van der Waals surface area contributed by atoms with Crippen LogP contribution < -0.4 is 15.4 Å². The molecule has 6 heteroatoms. The van der Waals surface area contributed by atoms with E-state index in [-0.39, 0.29) is 24.0 Å². The largest absolute Gasteiger partial charge is 0.497 e. The summed E-state index contributed by atoms with van der Waals surface area (Å²) in [6, 6.07) is 8.20. The second kappa shape index (κ2) is 10.3. The van der Waals surface area contributed by atoms with E-state index in [1.807, 2.05) is 19.2 Å². The van der Waals surface area contributed by atoms with Gasteiger partial charge in [0.05, 0.1) is 7.11 Å². The minimum absolute atomic E-state index is 0. The van der Waals surface area contributed by atoms with Crippen molar-refractivity contribution in [1.82, 2.24) is 10.6 Å². The Morgan fingerprint density at radius 1 is 1.39 bits per heavy atom. The molecule has 1 unspecified atom stereocenters.